The van der Waals surface area contributed by atoms with E-state index in [1.165, 1.54) is 44.9 Å². The minimum atomic E-state index is -0.193. The molecule has 1 saturated carbocycles. The van der Waals surface area contributed by atoms with E-state index in [9.17, 15) is 5.11 Å². The van der Waals surface area contributed by atoms with Crippen LogP contribution in [0.25, 0.3) is 0 Å². The highest BCUT2D eigenvalue weighted by atomic mass is 16.3. The van der Waals surface area contributed by atoms with Gasteiger partial charge < -0.3 is 5.11 Å². The van der Waals surface area contributed by atoms with Gasteiger partial charge in [-0.15, -0.1) is 0 Å². The van der Waals surface area contributed by atoms with Gasteiger partial charge in [0.15, 0.2) is 0 Å². The lowest BCUT2D eigenvalue weighted by Gasteiger charge is -2.35. The largest absolute Gasteiger partial charge is 0.389 e. The maximum Gasteiger partial charge on any atom is 0.0728 e. The van der Waals surface area contributed by atoms with Crippen molar-refractivity contribution in [3.8, 4) is 0 Å². The predicted molar refractivity (Wildman–Crippen MR) is 68.3 cm³/mol. The maximum absolute atomic E-state index is 9.94. The van der Waals surface area contributed by atoms with Crippen molar-refractivity contribution in [2.24, 2.45) is 11.3 Å². The van der Waals surface area contributed by atoms with Crippen LogP contribution in [0.3, 0.4) is 0 Å². The van der Waals surface area contributed by atoms with Crippen molar-refractivity contribution < 1.29 is 5.11 Å². The molecule has 0 aromatic rings. The second-order valence-corrected chi connectivity index (χ2v) is 6.54. The topological polar surface area (TPSA) is 20.2 Å². The van der Waals surface area contributed by atoms with Crippen LogP contribution in [0.15, 0.2) is 11.6 Å². The summed E-state index contributed by atoms with van der Waals surface area (Å²) in [6.45, 7) is 4.58. The number of rotatable bonds is 1. The monoisotopic (exact) mass is 222 g/mol. The first-order valence-electron chi connectivity index (χ1n) is 6.95. The Morgan fingerprint density at radius 2 is 1.75 bits per heavy atom. The molecule has 0 amide bonds. The molecule has 1 N–H and O–H groups in total. The number of allylic oxidation sites excluding steroid dienone is 1. The van der Waals surface area contributed by atoms with E-state index in [-0.39, 0.29) is 6.10 Å². The quantitative estimate of drug-likeness (QED) is 0.524. The molecular weight excluding hydrogens is 196 g/mol. The summed E-state index contributed by atoms with van der Waals surface area (Å²) in [7, 11) is 0. The Morgan fingerprint density at radius 1 is 1.12 bits per heavy atom. The SMILES string of the molecule is CC1(C)CC(C2CCCCCC2)=CC(O)C1. The molecule has 2 rings (SSSR count). The van der Waals surface area contributed by atoms with E-state index in [1.807, 2.05) is 0 Å². The van der Waals surface area contributed by atoms with Gasteiger partial charge in [0.05, 0.1) is 6.10 Å². The molecule has 1 unspecified atom stereocenters. The third-order valence-electron chi connectivity index (χ3n) is 4.23. The van der Waals surface area contributed by atoms with Gasteiger partial charge in [-0.2, -0.15) is 0 Å². The molecule has 0 heterocycles. The van der Waals surface area contributed by atoms with Crippen LogP contribution >= 0.6 is 0 Å². The standard InChI is InChI=1S/C15H26O/c1-15(2)10-13(9-14(16)11-15)12-7-5-3-4-6-8-12/h9,12,14,16H,3-8,10-11H2,1-2H3. The van der Waals surface area contributed by atoms with Crippen LogP contribution in [-0.4, -0.2) is 11.2 Å². The van der Waals surface area contributed by atoms with Gasteiger partial charge in [-0.25, -0.2) is 0 Å². The van der Waals surface area contributed by atoms with Gasteiger partial charge in [0.2, 0.25) is 0 Å². The van der Waals surface area contributed by atoms with Crippen LogP contribution in [0.1, 0.15) is 65.2 Å². The summed E-state index contributed by atoms with van der Waals surface area (Å²) in [6, 6.07) is 0. The first-order chi connectivity index (χ1) is 7.57. The molecule has 0 aromatic heterocycles. The van der Waals surface area contributed by atoms with Crippen LogP contribution in [0.5, 0.6) is 0 Å². The molecule has 0 spiro atoms. The van der Waals surface area contributed by atoms with Gasteiger partial charge >= 0.3 is 0 Å². The van der Waals surface area contributed by atoms with E-state index in [0.29, 0.717) is 5.41 Å². The van der Waals surface area contributed by atoms with Crippen LogP contribution in [0.2, 0.25) is 0 Å². The molecular formula is C15H26O. The third kappa shape index (κ3) is 3.10. The minimum Gasteiger partial charge on any atom is -0.389 e. The summed E-state index contributed by atoms with van der Waals surface area (Å²) in [5.41, 5.74) is 1.86. The fraction of sp³-hybridized carbons (Fsp3) is 0.867. The van der Waals surface area contributed by atoms with E-state index >= 15 is 0 Å². The summed E-state index contributed by atoms with van der Waals surface area (Å²) in [4.78, 5) is 0. The highest BCUT2D eigenvalue weighted by molar-refractivity contribution is 5.16. The zero-order valence-corrected chi connectivity index (χ0v) is 10.8. The molecule has 2 aliphatic carbocycles. The molecule has 92 valence electrons. The molecule has 0 bridgehead atoms. The normalized spacial score (nSPS) is 31.9. The number of aliphatic hydroxyl groups excluding tert-OH is 1. The van der Waals surface area contributed by atoms with Gasteiger partial charge in [0.25, 0.3) is 0 Å². The lowest BCUT2D eigenvalue weighted by molar-refractivity contribution is 0.134. The Labute approximate surface area is 99.9 Å². The first kappa shape index (κ1) is 12.2. The molecule has 16 heavy (non-hydrogen) atoms. The summed E-state index contributed by atoms with van der Waals surface area (Å²) in [5.74, 6) is 0.775. The van der Waals surface area contributed by atoms with Crippen LogP contribution in [0.4, 0.5) is 0 Å². The highest BCUT2D eigenvalue weighted by Crippen LogP contribution is 2.41. The number of hydrogen-bond acceptors (Lipinski definition) is 1. The Balaban J connectivity index is 2.06. The number of aliphatic hydroxyl groups is 1. The Kier molecular flexibility index (Phi) is 3.73. The van der Waals surface area contributed by atoms with Gasteiger partial charge in [-0.05, 0) is 37.0 Å². The summed E-state index contributed by atoms with van der Waals surface area (Å²) in [6.07, 6.45) is 12.4. The summed E-state index contributed by atoms with van der Waals surface area (Å²) >= 11 is 0. The zero-order chi connectivity index (χ0) is 11.6. The third-order valence-corrected chi connectivity index (χ3v) is 4.23. The van der Waals surface area contributed by atoms with Crippen molar-refractivity contribution in [3.05, 3.63) is 11.6 Å². The first-order valence-corrected chi connectivity index (χ1v) is 6.95. The van der Waals surface area contributed by atoms with Crippen LogP contribution in [-0.2, 0) is 0 Å². The van der Waals surface area contributed by atoms with Crippen LogP contribution < -0.4 is 0 Å². The Morgan fingerprint density at radius 3 is 2.31 bits per heavy atom. The average molecular weight is 222 g/mol. The zero-order valence-electron chi connectivity index (χ0n) is 10.8. The van der Waals surface area contributed by atoms with Crippen molar-refractivity contribution in [1.82, 2.24) is 0 Å². The second-order valence-electron chi connectivity index (χ2n) is 6.54. The van der Waals surface area contributed by atoms with Gasteiger partial charge in [-0.3, -0.25) is 0 Å². The second kappa shape index (κ2) is 4.91. The molecule has 1 heteroatoms. The molecule has 0 radical (unpaired) electrons. The molecule has 1 fully saturated rings. The van der Waals surface area contributed by atoms with Gasteiger partial charge in [0, 0.05) is 0 Å². The van der Waals surface area contributed by atoms with E-state index in [4.69, 9.17) is 0 Å². The molecule has 0 aliphatic heterocycles. The van der Waals surface area contributed by atoms with Gasteiger partial charge in [-0.1, -0.05) is 51.2 Å². The Bertz CT molecular complexity index is 257. The maximum atomic E-state index is 9.94. The fourth-order valence-electron chi connectivity index (χ4n) is 3.49. The predicted octanol–water partition coefficient (Wildman–Crippen LogP) is 4.06. The summed E-state index contributed by atoms with van der Waals surface area (Å²) < 4.78 is 0. The van der Waals surface area contributed by atoms with Crippen molar-refractivity contribution in [2.45, 2.75) is 71.3 Å². The lowest BCUT2D eigenvalue weighted by Crippen LogP contribution is -2.27. The molecule has 0 saturated heterocycles. The molecule has 1 atom stereocenters. The number of hydrogen-bond donors (Lipinski definition) is 1. The van der Waals surface area contributed by atoms with Crippen LogP contribution in [0, 0.1) is 11.3 Å². The van der Waals surface area contributed by atoms with Crippen molar-refractivity contribution in [3.63, 3.8) is 0 Å². The van der Waals surface area contributed by atoms with E-state index < -0.39 is 0 Å². The minimum absolute atomic E-state index is 0.193. The molecule has 2 aliphatic rings. The Hall–Kier alpha value is -0.300. The fourth-order valence-corrected chi connectivity index (χ4v) is 3.49. The van der Waals surface area contributed by atoms with E-state index in [1.54, 1.807) is 5.57 Å². The average Bonchev–Trinajstić information content (AvgIpc) is 2.42. The van der Waals surface area contributed by atoms with Crippen molar-refractivity contribution in [1.29, 1.82) is 0 Å². The highest BCUT2D eigenvalue weighted by Gasteiger charge is 2.30. The van der Waals surface area contributed by atoms with Crippen molar-refractivity contribution >= 4 is 0 Å². The van der Waals surface area contributed by atoms with E-state index in [0.717, 1.165) is 12.3 Å². The van der Waals surface area contributed by atoms with E-state index in [2.05, 4.69) is 19.9 Å². The van der Waals surface area contributed by atoms with Crippen molar-refractivity contribution in [2.75, 3.05) is 0 Å². The smallest absolute Gasteiger partial charge is 0.0728 e. The molecule has 1 nitrogen and oxygen atoms in total. The summed E-state index contributed by atoms with van der Waals surface area (Å²) in [5, 5.41) is 9.94. The lowest BCUT2D eigenvalue weighted by atomic mass is 9.72. The van der Waals surface area contributed by atoms with Gasteiger partial charge in [0.1, 0.15) is 0 Å². The molecule has 0 aromatic carbocycles.